The third-order valence-corrected chi connectivity index (χ3v) is 15.5. The van der Waals surface area contributed by atoms with Crippen molar-refractivity contribution >= 4 is 104 Å². The molecular weight excluding hydrogens is 1080 g/mol. The summed E-state index contributed by atoms with van der Waals surface area (Å²) in [4.78, 5) is 188. The molecule has 0 aliphatic carbocycles. The van der Waals surface area contributed by atoms with Crippen LogP contribution in [-0.4, -0.2) is 297 Å². The van der Waals surface area contributed by atoms with Gasteiger partial charge in [0, 0.05) is 106 Å². The average molecular weight is 1170 g/mol. The van der Waals surface area contributed by atoms with Gasteiger partial charge >= 0.3 is 5.97 Å². The zero-order valence-electron chi connectivity index (χ0n) is 50.0. The normalized spacial score (nSPS) is 11.3. The molecule has 12 amide bonds. The lowest BCUT2D eigenvalue weighted by molar-refractivity contribution is -0.146. The van der Waals surface area contributed by atoms with Gasteiger partial charge in [0.15, 0.2) is 5.78 Å². The van der Waals surface area contributed by atoms with Crippen LogP contribution in [0.1, 0.15) is 67.7 Å². The van der Waals surface area contributed by atoms with Crippen LogP contribution >= 0.6 is 21.6 Å². The molecule has 454 valence electrons. The predicted octanol–water partition coefficient (Wildman–Crippen LogP) is -2.05. The van der Waals surface area contributed by atoms with Crippen molar-refractivity contribution in [3.8, 4) is 0 Å². The van der Waals surface area contributed by atoms with Crippen LogP contribution in [0.5, 0.6) is 0 Å². The lowest BCUT2D eigenvalue weighted by Crippen LogP contribution is -2.49. The molecule has 0 aromatic carbocycles. The maximum Gasteiger partial charge on any atom is 0.308 e. The first-order chi connectivity index (χ1) is 36.9. The Morgan fingerprint density at radius 2 is 0.713 bits per heavy atom. The molecule has 2 N–H and O–H groups in total. The summed E-state index contributed by atoms with van der Waals surface area (Å²) in [7, 11) is 16.6. The van der Waals surface area contributed by atoms with E-state index < -0.39 is 123 Å². The van der Waals surface area contributed by atoms with E-state index in [0.717, 1.165) is 44.1 Å². The molecule has 80 heavy (non-hydrogen) atoms. The highest BCUT2D eigenvalue weighted by atomic mass is 33.1. The molecule has 0 aliphatic heterocycles. The molecule has 0 rings (SSSR count). The molecule has 0 saturated carbocycles. The van der Waals surface area contributed by atoms with E-state index >= 15 is 0 Å². The van der Waals surface area contributed by atoms with Crippen LogP contribution in [0.15, 0.2) is 0 Å². The summed E-state index contributed by atoms with van der Waals surface area (Å²) in [5.74, 6) is -7.02. The second kappa shape index (κ2) is 36.0. The highest BCUT2D eigenvalue weighted by Gasteiger charge is 2.28. The summed E-state index contributed by atoms with van der Waals surface area (Å²) in [6.45, 7) is 8.52. The fraction of sp³-hybridized carbons (Fsp3) is 0.725. The second-order valence-electron chi connectivity index (χ2n) is 20.9. The van der Waals surface area contributed by atoms with Gasteiger partial charge in [0.2, 0.25) is 70.9 Å². The Labute approximate surface area is 479 Å². The van der Waals surface area contributed by atoms with Crippen molar-refractivity contribution < 1.29 is 71.9 Å². The molecule has 0 heterocycles. The third kappa shape index (κ3) is 29.1. The number of ether oxygens (including phenoxy) is 1. The lowest BCUT2D eigenvalue weighted by atomic mass is 10.0. The molecule has 29 heteroatoms. The van der Waals surface area contributed by atoms with E-state index in [1.165, 1.54) is 75.4 Å². The van der Waals surface area contributed by atoms with E-state index in [1.54, 1.807) is 56.2 Å². The van der Waals surface area contributed by atoms with Crippen molar-refractivity contribution in [2.75, 3.05) is 155 Å². The number of ketones is 1. The maximum atomic E-state index is 13.0. The Morgan fingerprint density at radius 1 is 0.412 bits per heavy atom. The summed E-state index contributed by atoms with van der Waals surface area (Å²) in [6, 6.07) is -0.741. The molecule has 0 aromatic rings. The summed E-state index contributed by atoms with van der Waals surface area (Å²) in [5.41, 5.74) is 0. The van der Waals surface area contributed by atoms with Crippen LogP contribution in [0.4, 0.5) is 0 Å². The van der Waals surface area contributed by atoms with Crippen molar-refractivity contribution in [1.82, 2.24) is 59.6 Å². The Hall–Kier alpha value is -6.52. The number of rotatable bonds is 35. The minimum Gasteiger partial charge on any atom is -0.465 e. The van der Waals surface area contributed by atoms with Crippen molar-refractivity contribution in [3.05, 3.63) is 0 Å². The number of hydrogen-bond acceptors (Lipinski definition) is 17. The van der Waals surface area contributed by atoms with Crippen LogP contribution in [0.3, 0.4) is 0 Å². The highest BCUT2D eigenvalue weighted by Crippen LogP contribution is 2.38. The number of nitrogens with zero attached hydrogens (tertiary/aromatic N) is 10. The number of Topliss-reactive ketones (excluding diaryl/α,β-unsaturated/α-hetero) is 1. The molecule has 0 radical (unpaired) electrons. The van der Waals surface area contributed by atoms with E-state index in [-0.39, 0.29) is 66.7 Å². The topological polar surface area (TPSA) is 305 Å². The van der Waals surface area contributed by atoms with Gasteiger partial charge in [-0.05, 0) is 27.2 Å². The van der Waals surface area contributed by atoms with Crippen LogP contribution in [0.2, 0.25) is 0 Å². The van der Waals surface area contributed by atoms with Gasteiger partial charge in [0.25, 0.3) is 0 Å². The van der Waals surface area contributed by atoms with Gasteiger partial charge in [-0.1, -0.05) is 49.3 Å². The maximum absolute atomic E-state index is 13.0. The van der Waals surface area contributed by atoms with Crippen LogP contribution in [-0.2, 0) is 71.9 Å². The molecule has 0 spiro atoms. The number of likely N-dealkylation sites (N-methyl/N-ethyl adjacent to an activating group) is 10. The number of amides is 12. The van der Waals surface area contributed by atoms with E-state index in [0.29, 0.717) is 18.8 Å². The van der Waals surface area contributed by atoms with Crippen LogP contribution in [0.25, 0.3) is 0 Å². The molecule has 0 bridgehead atoms. The van der Waals surface area contributed by atoms with Gasteiger partial charge in [-0.25, -0.2) is 0 Å². The number of carbonyl (C=O) groups is 14. The Morgan fingerprint density at radius 3 is 1.01 bits per heavy atom. The molecule has 0 aromatic heterocycles. The minimum absolute atomic E-state index is 0.0593. The zero-order valence-corrected chi connectivity index (χ0v) is 51.6. The summed E-state index contributed by atoms with van der Waals surface area (Å²) in [6.07, 6.45) is 0.737. The summed E-state index contributed by atoms with van der Waals surface area (Å²) >= 11 is 0. The quantitative estimate of drug-likeness (QED) is 0.0392. The number of hydrogen-bond donors (Lipinski definition) is 2. The van der Waals surface area contributed by atoms with Gasteiger partial charge < -0.3 is 64.4 Å². The molecule has 0 unspecified atom stereocenters. The van der Waals surface area contributed by atoms with Crippen molar-refractivity contribution in [1.29, 1.82) is 0 Å². The zero-order chi connectivity index (χ0) is 61.9. The Bertz CT molecular complexity index is 2220. The first-order valence-electron chi connectivity index (χ1n) is 25.9. The van der Waals surface area contributed by atoms with Crippen molar-refractivity contribution in [3.63, 3.8) is 0 Å². The Balaban J connectivity index is 4.82. The average Bonchev–Trinajstić information content (AvgIpc) is 3.36. The van der Waals surface area contributed by atoms with Crippen molar-refractivity contribution in [2.45, 2.75) is 78.5 Å². The van der Waals surface area contributed by atoms with Gasteiger partial charge in [-0.2, -0.15) is 0 Å². The SMILES string of the molecule is CC(C)C(=O)OCCSSC(C)(C)CCC(=O)NCCC(=O)N(C)CC(=O)N(C)CC(=O)N(C)CC(=O)N(C)CC(=O)N(C)CC(=O)N(C)CC(=O)N(C)CC(=O)N(C)CC(=O)N(C)CC(=O)N(C)CC(=O)N[C@@H](C)C(=O)C(C)C. The van der Waals surface area contributed by atoms with E-state index in [9.17, 15) is 67.1 Å². The number of esters is 1. The fourth-order valence-electron chi connectivity index (χ4n) is 6.46. The monoisotopic (exact) mass is 1170 g/mol. The molecule has 0 aliphatic rings. The fourth-order valence-corrected chi connectivity index (χ4v) is 8.86. The first-order valence-corrected chi connectivity index (χ1v) is 28.2. The number of nitrogens with one attached hydrogen (secondary N) is 2. The molecule has 0 fully saturated rings. The largest absolute Gasteiger partial charge is 0.465 e. The molecule has 1 atom stereocenters. The van der Waals surface area contributed by atoms with Gasteiger partial charge in [0.05, 0.1) is 77.4 Å². The van der Waals surface area contributed by atoms with Crippen LogP contribution in [0, 0.1) is 11.8 Å². The van der Waals surface area contributed by atoms with Gasteiger partial charge in [-0.3, -0.25) is 67.1 Å². The molecular formula is C51H88N12O15S2. The number of carbonyl (C=O) groups excluding carboxylic acids is 14. The van der Waals surface area contributed by atoms with E-state index in [4.69, 9.17) is 4.74 Å². The lowest BCUT2D eigenvalue weighted by Gasteiger charge is -2.27. The van der Waals surface area contributed by atoms with Crippen LogP contribution < -0.4 is 10.6 Å². The molecule has 27 nitrogen and oxygen atoms in total. The first kappa shape index (κ1) is 73.5. The minimum atomic E-state index is -0.741. The predicted molar refractivity (Wildman–Crippen MR) is 301 cm³/mol. The van der Waals surface area contributed by atoms with E-state index in [2.05, 4.69) is 10.6 Å². The van der Waals surface area contributed by atoms with Crippen molar-refractivity contribution in [2.24, 2.45) is 11.8 Å². The smallest absolute Gasteiger partial charge is 0.308 e. The van der Waals surface area contributed by atoms with E-state index in [1.807, 2.05) is 13.8 Å². The van der Waals surface area contributed by atoms with Gasteiger partial charge in [0.1, 0.15) is 6.61 Å². The summed E-state index contributed by atoms with van der Waals surface area (Å²) < 4.78 is 4.94. The molecule has 0 saturated heterocycles. The second-order valence-corrected chi connectivity index (χ2v) is 24.1. The highest BCUT2D eigenvalue weighted by molar-refractivity contribution is 8.77. The Kier molecular flexibility index (Phi) is 33.0. The standard InChI is InChI=1S/C51H88N12O15S2/c1-34(2)49(76)36(5)53-38(65)24-54(8)40(67)26-56(10)42(69)28-58(12)44(71)30-60(14)46(73)32-62(16)48(75)33-63(17)47(74)31-61(15)45(72)29-59(13)43(70)27-57(11)41(68)25-55(9)39(66)19-21-52-37(64)18-20-51(6,7)80-79-23-22-78-50(77)35(3)4/h34-36H,18-33H2,1-17H3,(H,52,64)(H,53,65)/t36-/m0/s1. The third-order valence-electron chi connectivity index (χ3n) is 12.1. The summed E-state index contributed by atoms with van der Waals surface area (Å²) in [5, 5.41) is 5.26. The van der Waals surface area contributed by atoms with Gasteiger partial charge in [-0.15, -0.1) is 0 Å².